The summed E-state index contributed by atoms with van der Waals surface area (Å²) in [6, 6.07) is 10.5. The Morgan fingerprint density at radius 3 is 1.97 bits per heavy atom. The van der Waals surface area contributed by atoms with Crippen molar-refractivity contribution in [3.63, 3.8) is 0 Å². The van der Waals surface area contributed by atoms with Crippen molar-refractivity contribution in [3.8, 4) is 17.2 Å². The van der Waals surface area contributed by atoms with Crippen LogP contribution in [0.4, 0.5) is 0 Å². The Labute approximate surface area is 178 Å². The number of allylic oxidation sites excluding steroid dienone is 1. The number of ketones is 1. The SMILES string of the molecule is C=CC(=O)Oc1cccc(C=CC(=O)c2ccc(OC(=O)C=C)c(OC(=O)C=C)c2)c1. The van der Waals surface area contributed by atoms with Crippen LogP contribution in [0.25, 0.3) is 6.08 Å². The van der Waals surface area contributed by atoms with Gasteiger partial charge >= 0.3 is 17.9 Å². The molecule has 0 aromatic heterocycles. The molecule has 0 aliphatic carbocycles. The third-order valence-electron chi connectivity index (χ3n) is 3.65. The number of carbonyl (C=O) groups is 4. The summed E-state index contributed by atoms with van der Waals surface area (Å²) in [7, 11) is 0. The Kier molecular flexibility index (Phi) is 7.98. The molecule has 0 heterocycles. The second-order valence-electron chi connectivity index (χ2n) is 5.81. The fourth-order valence-electron chi connectivity index (χ4n) is 2.23. The Bertz CT molecular complexity index is 1090. The zero-order valence-corrected chi connectivity index (χ0v) is 16.4. The van der Waals surface area contributed by atoms with Gasteiger partial charge in [0.25, 0.3) is 0 Å². The van der Waals surface area contributed by atoms with Crippen LogP contribution in [0.2, 0.25) is 0 Å². The highest BCUT2D eigenvalue weighted by molar-refractivity contribution is 6.07. The Morgan fingerprint density at radius 1 is 0.710 bits per heavy atom. The molecule has 0 saturated carbocycles. The first-order valence-electron chi connectivity index (χ1n) is 8.85. The molecule has 0 radical (unpaired) electrons. The maximum atomic E-state index is 12.6. The van der Waals surface area contributed by atoms with E-state index in [1.807, 2.05) is 0 Å². The minimum atomic E-state index is -0.790. The maximum absolute atomic E-state index is 12.6. The van der Waals surface area contributed by atoms with Crippen molar-refractivity contribution in [3.05, 3.63) is 97.6 Å². The summed E-state index contributed by atoms with van der Waals surface area (Å²) < 4.78 is 15.1. The van der Waals surface area contributed by atoms with Gasteiger partial charge in [0.15, 0.2) is 17.3 Å². The molecular weight excluding hydrogens is 400 g/mol. The molecule has 0 N–H and O–H groups in total. The van der Waals surface area contributed by atoms with Gasteiger partial charge in [-0.2, -0.15) is 0 Å². The van der Waals surface area contributed by atoms with Gasteiger partial charge in [-0.1, -0.05) is 37.9 Å². The molecule has 0 fully saturated rings. The Hall–Kier alpha value is -4.52. The highest BCUT2D eigenvalue weighted by atomic mass is 16.6. The van der Waals surface area contributed by atoms with Gasteiger partial charge in [0, 0.05) is 23.8 Å². The molecule has 0 atom stereocenters. The number of rotatable bonds is 9. The average Bonchev–Trinajstić information content (AvgIpc) is 2.78. The summed E-state index contributed by atoms with van der Waals surface area (Å²) >= 11 is 0. The van der Waals surface area contributed by atoms with Crippen LogP contribution >= 0.6 is 0 Å². The van der Waals surface area contributed by atoms with Crippen LogP contribution in [0.3, 0.4) is 0 Å². The van der Waals surface area contributed by atoms with Crippen LogP contribution in [0, 0.1) is 0 Å². The molecule has 2 rings (SSSR count). The van der Waals surface area contributed by atoms with Gasteiger partial charge in [0.05, 0.1) is 0 Å². The minimum Gasteiger partial charge on any atom is -0.423 e. The number of carbonyl (C=O) groups excluding carboxylic acids is 4. The second kappa shape index (κ2) is 10.9. The van der Waals surface area contributed by atoms with E-state index in [1.165, 1.54) is 30.4 Å². The number of hydrogen-bond donors (Lipinski definition) is 0. The van der Waals surface area contributed by atoms with Crippen LogP contribution in [-0.4, -0.2) is 23.7 Å². The van der Waals surface area contributed by atoms with Gasteiger partial charge in [0.2, 0.25) is 0 Å². The molecule has 0 amide bonds. The van der Waals surface area contributed by atoms with E-state index in [1.54, 1.807) is 24.3 Å². The lowest BCUT2D eigenvalue weighted by molar-refractivity contribution is -0.131. The maximum Gasteiger partial charge on any atom is 0.335 e. The third kappa shape index (κ3) is 6.79. The highest BCUT2D eigenvalue weighted by Crippen LogP contribution is 2.29. The van der Waals surface area contributed by atoms with E-state index in [4.69, 9.17) is 14.2 Å². The predicted molar refractivity (Wildman–Crippen MR) is 114 cm³/mol. The predicted octanol–water partition coefficient (Wildman–Crippen LogP) is 3.86. The standard InChI is InChI=1S/C24H18O7/c1-4-22(26)29-18-9-7-8-16(14-18)10-12-19(25)17-11-13-20(30-23(27)5-2)21(15-17)31-24(28)6-3/h4-15H,1-3H2. The van der Waals surface area contributed by atoms with Crippen LogP contribution in [-0.2, 0) is 14.4 Å². The summed E-state index contributed by atoms with van der Waals surface area (Å²) in [5, 5.41) is 0. The van der Waals surface area contributed by atoms with Gasteiger partial charge in [-0.3, -0.25) is 4.79 Å². The molecule has 7 nitrogen and oxygen atoms in total. The van der Waals surface area contributed by atoms with E-state index in [2.05, 4.69) is 19.7 Å². The lowest BCUT2D eigenvalue weighted by Crippen LogP contribution is -2.09. The van der Waals surface area contributed by atoms with E-state index in [0.717, 1.165) is 18.2 Å². The van der Waals surface area contributed by atoms with Crippen molar-refractivity contribution < 1.29 is 33.4 Å². The normalized spacial score (nSPS) is 10.1. The van der Waals surface area contributed by atoms with Crippen molar-refractivity contribution in [1.82, 2.24) is 0 Å². The molecule has 0 spiro atoms. The summed E-state index contributed by atoms with van der Waals surface area (Å²) in [6.07, 6.45) is 5.73. The number of esters is 3. The first-order chi connectivity index (χ1) is 14.9. The molecule has 2 aromatic rings. The fraction of sp³-hybridized carbons (Fsp3) is 0. The number of ether oxygens (including phenoxy) is 3. The average molecular weight is 418 g/mol. The first kappa shape index (κ1) is 22.8. The molecule has 0 bridgehead atoms. The van der Waals surface area contributed by atoms with Crippen molar-refractivity contribution in [2.45, 2.75) is 0 Å². The van der Waals surface area contributed by atoms with Crippen molar-refractivity contribution in [1.29, 1.82) is 0 Å². The lowest BCUT2D eigenvalue weighted by atomic mass is 10.1. The third-order valence-corrected chi connectivity index (χ3v) is 3.65. The van der Waals surface area contributed by atoms with E-state index >= 15 is 0 Å². The van der Waals surface area contributed by atoms with Crippen LogP contribution in [0.15, 0.2) is 86.5 Å². The number of hydrogen-bond acceptors (Lipinski definition) is 7. The van der Waals surface area contributed by atoms with E-state index < -0.39 is 23.7 Å². The van der Waals surface area contributed by atoms with Crippen molar-refractivity contribution in [2.75, 3.05) is 0 Å². The Morgan fingerprint density at radius 2 is 1.32 bits per heavy atom. The fourth-order valence-corrected chi connectivity index (χ4v) is 2.23. The van der Waals surface area contributed by atoms with Crippen LogP contribution in [0.5, 0.6) is 17.2 Å². The molecule has 0 aliphatic heterocycles. The molecule has 0 unspecified atom stereocenters. The van der Waals surface area contributed by atoms with Gasteiger partial charge in [-0.15, -0.1) is 0 Å². The molecule has 31 heavy (non-hydrogen) atoms. The van der Waals surface area contributed by atoms with E-state index in [0.29, 0.717) is 11.3 Å². The van der Waals surface area contributed by atoms with Gasteiger partial charge in [0.1, 0.15) is 5.75 Å². The monoisotopic (exact) mass is 418 g/mol. The van der Waals surface area contributed by atoms with Crippen molar-refractivity contribution >= 4 is 29.8 Å². The van der Waals surface area contributed by atoms with Crippen LogP contribution in [0.1, 0.15) is 15.9 Å². The minimum absolute atomic E-state index is 0.0580. The van der Waals surface area contributed by atoms with Gasteiger partial charge in [-0.25, -0.2) is 14.4 Å². The summed E-state index contributed by atoms with van der Waals surface area (Å²) in [6.45, 7) is 9.92. The van der Waals surface area contributed by atoms with Gasteiger partial charge in [-0.05, 0) is 42.0 Å². The summed E-state index contributed by atoms with van der Waals surface area (Å²) in [4.78, 5) is 46.9. The van der Waals surface area contributed by atoms with Gasteiger partial charge < -0.3 is 14.2 Å². The molecule has 0 saturated heterocycles. The van der Waals surface area contributed by atoms with Crippen molar-refractivity contribution in [2.24, 2.45) is 0 Å². The molecule has 2 aromatic carbocycles. The number of benzene rings is 2. The smallest absolute Gasteiger partial charge is 0.335 e. The highest BCUT2D eigenvalue weighted by Gasteiger charge is 2.14. The zero-order valence-electron chi connectivity index (χ0n) is 16.4. The summed E-state index contributed by atoms with van der Waals surface area (Å²) in [5.41, 5.74) is 0.785. The molecule has 156 valence electrons. The second-order valence-corrected chi connectivity index (χ2v) is 5.81. The van der Waals surface area contributed by atoms with Crippen LogP contribution < -0.4 is 14.2 Å². The topological polar surface area (TPSA) is 96.0 Å². The van der Waals surface area contributed by atoms with E-state index in [-0.39, 0.29) is 17.1 Å². The molecule has 7 heteroatoms. The quantitative estimate of drug-likeness (QED) is 0.264. The van der Waals surface area contributed by atoms with E-state index in [9.17, 15) is 19.2 Å². The first-order valence-corrected chi connectivity index (χ1v) is 8.85. The Balaban J connectivity index is 2.26. The molecular formula is C24H18O7. The lowest BCUT2D eigenvalue weighted by Gasteiger charge is -2.09. The zero-order chi connectivity index (χ0) is 22.8. The summed E-state index contributed by atoms with van der Waals surface area (Å²) in [5.74, 6) is -2.45. The molecule has 0 aliphatic rings. The largest absolute Gasteiger partial charge is 0.423 e.